The number of hydrogen-bond acceptors (Lipinski definition) is 3. The number of rotatable bonds is 4. The largest absolute Gasteiger partial charge is 0.394 e. The molecule has 0 aliphatic carbocycles. The van der Waals surface area contributed by atoms with Gasteiger partial charge in [-0.2, -0.15) is 5.10 Å². The molecule has 1 N–H and O–H groups in total. The molecule has 1 aliphatic rings. The Kier molecular flexibility index (Phi) is 4.04. The molecule has 1 amide bonds. The fourth-order valence-corrected chi connectivity index (χ4v) is 2.57. The zero-order valence-corrected chi connectivity index (χ0v) is 11.8. The lowest BCUT2D eigenvalue weighted by Gasteiger charge is -2.23. The zero-order valence-electron chi connectivity index (χ0n) is 11.8. The van der Waals surface area contributed by atoms with Gasteiger partial charge in [0.15, 0.2) is 0 Å². The summed E-state index contributed by atoms with van der Waals surface area (Å²) in [6.07, 6.45) is 4.99. The standard InChI is InChI=1S/C14H21N3O2/c1-10-13(11(2)16(3)15-10)6-7-14(19)17-8-4-5-12(17)9-18/h4-5,12,18H,6-9H2,1-3H3. The fraction of sp³-hybridized carbons (Fsp3) is 0.571. The molecule has 5 nitrogen and oxygen atoms in total. The quantitative estimate of drug-likeness (QED) is 0.815. The molecule has 2 rings (SSSR count). The number of hydrogen-bond donors (Lipinski definition) is 1. The topological polar surface area (TPSA) is 58.4 Å². The summed E-state index contributed by atoms with van der Waals surface area (Å²) in [5.74, 6) is 0.0895. The van der Waals surface area contributed by atoms with E-state index >= 15 is 0 Å². The summed E-state index contributed by atoms with van der Waals surface area (Å²) in [6.45, 7) is 4.59. The van der Waals surface area contributed by atoms with E-state index in [0.29, 0.717) is 19.4 Å². The summed E-state index contributed by atoms with van der Waals surface area (Å²) >= 11 is 0. The van der Waals surface area contributed by atoms with E-state index in [1.54, 1.807) is 4.90 Å². The van der Waals surface area contributed by atoms with Crippen molar-refractivity contribution in [1.29, 1.82) is 0 Å². The maximum Gasteiger partial charge on any atom is 0.223 e. The van der Waals surface area contributed by atoms with Gasteiger partial charge in [0.25, 0.3) is 0 Å². The Morgan fingerprint density at radius 3 is 2.84 bits per heavy atom. The number of aliphatic hydroxyl groups is 1. The van der Waals surface area contributed by atoms with E-state index in [1.165, 1.54) is 0 Å². The molecule has 1 aromatic heterocycles. The van der Waals surface area contributed by atoms with Gasteiger partial charge in [-0.15, -0.1) is 0 Å². The Bertz CT molecular complexity index is 505. The zero-order chi connectivity index (χ0) is 14.0. The maximum absolute atomic E-state index is 12.2. The van der Waals surface area contributed by atoms with Crippen LogP contribution in [0.15, 0.2) is 12.2 Å². The van der Waals surface area contributed by atoms with Crippen LogP contribution >= 0.6 is 0 Å². The van der Waals surface area contributed by atoms with Crippen LogP contribution in [0.5, 0.6) is 0 Å². The monoisotopic (exact) mass is 263 g/mol. The number of aryl methyl sites for hydroxylation is 2. The fourth-order valence-electron chi connectivity index (χ4n) is 2.57. The van der Waals surface area contributed by atoms with Crippen LogP contribution in [-0.4, -0.2) is 44.9 Å². The van der Waals surface area contributed by atoms with Gasteiger partial charge >= 0.3 is 0 Å². The van der Waals surface area contributed by atoms with Crippen molar-refractivity contribution in [2.45, 2.75) is 32.7 Å². The first-order valence-corrected chi connectivity index (χ1v) is 6.60. The van der Waals surface area contributed by atoms with Crippen molar-refractivity contribution in [2.24, 2.45) is 7.05 Å². The molecule has 0 radical (unpaired) electrons. The van der Waals surface area contributed by atoms with Gasteiger partial charge in [-0.25, -0.2) is 0 Å². The van der Waals surface area contributed by atoms with Crippen molar-refractivity contribution in [1.82, 2.24) is 14.7 Å². The van der Waals surface area contributed by atoms with Crippen LogP contribution < -0.4 is 0 Å². The predicted octanol–water partition coefficient (Wildman–Crippen LogP) is 0.729. The van der Waals surface area contributed by atoms with Crippen LogP contribution in [0.2, 0.25) is 0 Å². The summed E-state index contributed by atoms with van der Waals surface area (Å²) < 4.78 is 1.85. The maximum atomic E-state index is 12.2. The van der Waals surface area contributed by atoms with Crippen molar-refractivity contribution in [3.8, 4) is 0 Å². The minimum absolute atomic E-state index is 0.00676. The first kappa shape index (κ1) is 13.8. The van der Waals surface area contributed by atoms with Gasteiger partial charge in [-0.05, 0) is 25.8 Å². The third-order valence-electron chi connectivity index (χ3n) is 3.82. The van der Waals surface area contributed by atoms with Crippen LogP contribution in [-0.2, 0) is 18.3 Å². The van der Waals surface area contributed by atoms with Crippen molar-refractivity contribution in [3.63, 3.8) is 0 Å². The van der Waals surface area contributed by atoms with E-state index in [9.17, 15) is 9.90 Å². The highest BCUT2D eigenvalue weighted by atomic mass is 16.3. The molecule has 0 fully saturated rings. The van der Waals surface area contributed by atoms with Crippen molar-refractivity contribution in [2.75, 3.05) is 13.2 Å². The molecule has 1 atom stereocenters. The van der Waals surface area contributed by atoms with Gasteiger partial charge in [-0.3, -0.25) is 9.48 Å². The van der Waals surface area contributed by atoms with Gasteiger partial charge in [0, 0.05) is 25.7 Å². The van der Waals surface area contributed by atoms with Gasteiger partial charge in [0.05, 0.1) is 18.3 Å². The Morgan fingerprint density at radius 1 is 1.53 bits per heavy atom. The first-order valence-electron chi connectivity index (χ1n) is 6.60. The van der Waals surface area contributed by atoms with Gasteiger partial charge in [0.1, 0.15) is 0 Å². The van der Waals surface area contributed by atoms with E-state index in [2.05, 4.69) is 5.10 Å². The lowest BCUT2D eigenvalue weighted by atomic mass is 10.1. The number of carbonyl (C=O) groups is 1. The van der Waals surface area contributed by atoms with E-state index < -0.39 is 0 Å². The summed E-state index contributed by atoms with van der Waals surface area (Å²) in [6, 6.07) is -0.149. The average molecular weight is 263 g/mol. The molecule has 5 heteroatoms. The molecule has 104 valence electrons. The molecule has 0 bridgehead atoms. The minimum Gasteiger partial charge on any atom is -0.394 e. The third-order valence-corrected chi connectivity index (χ3v) is 3.82. The van der Waals surface area contributed by atoms with Crippen LogP contribution in [0, 0.1) is 13.8 Å². The van der Waals surface area contributed by atoms with Gasteiger partial charge in [0.2, 0.25) is 5.91 Å². The SMILES string of the molecule is Cc1nn(C)c(C)c1CCC(=O)N1CC=CC1CO. The molecule has 2 heterocycles. The van der Waals surface area contributed by atoms with Crippen molar-refractivity contribution >= 4 is 5.91 Å². The Morgan fingerprint density at radius 2 is 2.26 bits per heavy atom. The molecule has 0 saturated carbocycles. The summed E-state index contributed by atoms with van der Waals surface area (Å²) in [7, 11) is 1.92. The summed E-state index contributed by atoms with van der Waals surface area (Å²) in [5, 5.41) is 13.6. The van der Waals surface area contributed by atoms with Crippen molar-refractivity contribution < 1.29 is 9.90 Å². The molecule has 1 unspecified atom stereocenters. The molecule has 0 aromatic carbocycles. The van der Waals surface area contributed by atoms with Crippen LogP contribution in [0.1, 0.15) is 23.4 Å². The smallest absolute Gasteiger partial charge is 0.223 e. The molecule has 1 aromatic rings. The van der Waals surface area contributed by atoms with E-state index in [1.807, 2.05) is 37.7 Å². The Labute approximate surface area is 113 Å². The minimum atomic E-state index is -0.149. The Balaban J connectivity index is 1.97. The van der Waals surface area contributed by atoms with E-state index in [0.717, 1.165) is 17.0 Å². The number of nitrogens with zero attached hydrogens (tertiary/aromatic N) is 3. The van der Waals surface area contributed by atoms with E-state index in [4.69, 9.17) is 0 Å². The molecule has 0 saturated heterocycles. The van der Waals surface area contributed by atoms with Crippen molar-refractivity contribution in [3.05, 3.63) is 29.1 Å². The summed E-state index contributed by atoms with van der Waals surface area (Å²) in [4.78, 5) is 13.9. The second kappa shape index (κ2) is 5.57. The normalized spacial score (nSPS) is 18.3. The third kappa shape index (κ3) is 2.71. The molecule has 19 heavy (non-hydrogen) atoms. The van der Waals surface area contributed by atoms with Crippen LogP contribution in [0.25, 0.3) is 0 Å². The Hall–Kier alpha value is -1.62. The highest BCUT2D eigenvalue weighted by Gasteiger charge is 2.24. The highest BCUT2D eigenvalue weighted by Crippen LogP contribution is 2.16. The lowest BCUT2D eigenvalue weighted by molar-refractivity contribution is -0.132. The first-order chi connectivity index (χ1) is 9.04. The molecular weight excluding hydrogens is 242 g/mol. The number of carbonyl (C=O) groups excluding carboxylic acids is 1. The number of amides is 1. The predicted molar refractivity (Wildman–Crippen MR) is 72.7 cm³/mol. The van der Waals surface area contributed by atoms with Gasteiger partial charge < -0.3 is 10.0 Å². The summed E-state index contributed by atoms with van der Waals surface area (Å²) in [5.41, 5.74) is 3.26. The average Bonchev–Trinajstić information content (AvgIpc) is 2.94. The lowest BCUT2D eigenvalue weighted by Crippen LogP contribution is -2.38. The molecular formula is C14H21N3O2. The van der Waals surface area contributed by atoms with Crippen LogP contribution in [0.4, 0.5) is 0 Å². The molecule has 0 spiro atoms. The number of aromatic nitrogens is 2. The molecule has 1 aliphatic heterocycles. The van der Waals surface area contributed by atoms with Crippen LogP contribution in [0.3, 0.4) is 0 Å². The highest BCUT2D eigenvalue weighted by molar-refractivity contribution is 5.77. The van der Waals surface area contributed by atoms with Gasteiger partial charge in [-0.1, -0.05) is 12.2 Å². The van der Waals surface area contributed by atoms with E-state index in [-0.39, 0.29) is 18.6 Å². The second-order valence-corrected chi connectivity index (χ2v) is 5.00. The number of aliphatic hydroxyl groups excluding tert-OH is 1. The second-order valence-electron chi connectivity index (χ2n) is 5.00.